The van der Waals surface area contributed by atoms with E-state index < -0.39 is 0 Å². The Balaban J connectivity index is 2.14. The van der Waals surface area contributed by atoms with Gasteiger partial charge in [-0.1, -0.05) is 63.4 Å². The number of hydrogen-bond donors (Lipinski definition) is 0. The first kappa shape index (κ1) is 12.9. The molecule has 0 nitrogen and oxygen atoms in total. The van der Waals surface area contributed by atoms with E-state index >= 15 is 0 Å². The molecule has 2 aromatic carbocycles. The van der Waals surface area contributed by atoms with Crippen LogP contribution in [0, 0.1) is 0 Å². The third-order valence-corrected chi connectivity index (χ3v) is 3.84. The topological polar surface area (TPSA) is 0 Å². The minimum atomic E-state index is 0.250. The molecular weight excluding hydrogens is 319 g/mol. The summed E-state index contributed by atoms with van der Waals surface area (Å²) in [6.45, 7) is 0. The highest BCUT2D eigenvalue weighted by Crippen LogP contribution is 2.29. The fourth-order valence-electron chi connectivity index (χ4n) is 1.69. The molecule has 0 N–H and O–H groups in total. The molecule has 2 rings (SSSR count). The number of benzene rings is 2. The highest BCUT2D eigenvalue weighted by molar-refractivity contribution is 9.09. The van der Waals surface area contributed by atoms with Gasteiger partial charge in [-0.25, -0.2) is 0 Å². The molecule has 17 heavy (non-hydrogen) atoms. The lowest BCUT2D eigenvalue weighted by Crippen LogP contribution is -1.95. The molecule has 0 aliphatic heterocycles. The minimum absolute atomic E-state index is 0.250. The second kappa shape index (κ2) is 5.90. The van der Waals surface area contributed by atoms with Gasteiger partial charge in [0.1, 0.15) is 0 Å². The van der Waals surface area contributed by atoms with Gasteiger partial charge in [0.2, 0.25) is 0 Å². The SMILES string of the molecule is Clc1cccc(CC(Br)c2cccc(Cl)c2)c1. The molecule has 2 aromatic rings. The van der Waals surface area contributed by atoms with E-state index in [2.05, 4.69) is 28.1 Å². The van der Waals surface area contributed by atoms with E-state index in [1.165, 1.54) is 11.1 Å². The Morgan fingerprint density at radius 1 is 0.941 bits per heavy atom. The normalized spacial score (nSPS) is 12.4. The summed E-state index contributed by atoms with van der Waals surface area (Å²) in [5, 5.41) is 1.53. The standard InChI is InChI=1S/C14H11BrCl2/c15-14(11-4-2-6-13(17)9-11)8-10-3-1-5-12(16)7-10/h1-7,9,14H,8H2. The number of hydrogen-bond acceptors (Lipinski definition) is 0. The van der Waals surface area contributed by atoms with Crippen LogP contribution >= 0.6 is 39.1 Å². The second-order valence-corrected chi connectivity index (χ2v) is 5.83. The zero-order valence-electron chi connectivity index (χ0n) is 9.04. The molecule has 0 amide bonds. The maximum Gasteiger partial charge on any atom is 0.0436 e. The van der Waals surface area contributed by atoms with Gasteiger partial charge in [0.15, 0.2) is 0 Å². The van der Waals surface area contributed by atoms with Crippen LogP contribution < -0.4 is 0 Å². The van der Waals surface area contributed by atoms with Gasteiger partial charge in [-0.3, -0.25) is 0 Å². The number of rotatable bonds is 3. The van der Waals surface area contributed by atoms with Crippen molar-refractivity contribution in [3.8, 4) is 0 Å². The van der Waals surface area contributed by atoms with Gasteiger partial charge in [-0.05, 0) is 41.8 Å². The fourth-order valence-corrected chi connectivity index (χ4v) is 2.76. The zero-order chi connectivity index (χ0) is 12.3. The molecule has 0 aromatic heterocycles. The van der Waals surface area contributed by atoms with Crippen LogP contribution in [0.5, 0.6) is 0 Å². The summed E-state index contributed by atoms with van der Waals surface area (Å²) in [6, 6.07) is 15.8. The Kier molecular flexibility index (Phi) is 4.49. The molecule has 0 fully saturated rings. The van der Waals surface area contributed by atoms with Crippen molar-refractivity contribution in [2.24, 2.45) is 0 Å². The molecule has 88 valence electrons. The maximum absolute atomic E-state index is 5.98. The average Bonchev–Trinajstić information content (AvgIpc) is 2.29. The van der Waals surface area contributed by atoms with E-state index in [0.717, 1.165) is 16.5 Å². The molecule has 0 radical (unpaired) electrons. The average molecular weight is 330 g/mol. The first-order valence-electron chi connectivity index (χ1n) is 5.29. The molecule has 0 aliphatic rings. The van der Waals surface area contributed by atoms with Crippen LogP contribution in [0.4, 0.5) is 0 Å². The first-order valence-corrected chi connectivity index (χ1v) is 6.96. The third kappa shape index (κ3) is 3.74. The smallest absolute Gasteiger partial charge is 0.0436 e. The van der Waals surface area contributed by atoms with Gasteiger partial charge in [-0.15, -0.1) is 0 Å². The van der Waals surface area contributed by atoms with Crippen LogP contribution in [0.2, 0.25) is 10.0 Å². The van der Waals surface area contributed by atoms with E-state index in [1.54, 1.807) is 0 Å². The van der Waals surface area contributed by atoms with Crippen LogP contribution in [0.25, 0.3) is 0 Å². The Morgan fingerprint density at radius 2 is 1.59 bits per heavy atom. The van der Waals surface area contributed by atoms with Gasteiger partial charge in [0, 0.05) is 14.9 Å². The van der Waals surface area contributed by atoms with Crippen LogP contribution in [-0.2, 0) is 6.42 Å². The first-order chi connectivity index (χ1) is 8.15. The summed E-state index contributed by atoms with van der Waals surface area (Å²) >= 11 is 15.6. The molecule has 0 spiro atoms. The summed E-state index contributed by atoms with van der Waals surface area (Å²) < 4.78 is 0. The van der Waals surface area contributed by atoms with Crippen LogP contribution in [-0.4, -0.2) is 0 Å². The Hall–Kier alpha value is -0.500. The van der Waals surface area contributed by atoms with Crippen LogP contribution in [0.1, 0.15) is 16.0 Å². The van der Waals surface area contributed by atoms with Gasteiger partial charge >= 0.3 is 0 Å². The van der Waals surface area contributed by atoms with E-state index in [-0.39, 0.29) is 4.83 Å². The highest BCUT2D eigenvalue weighted by atomic mass is 79.9. The lowest BCUT2D eigenvalue weighted by Gasteiger charge is -2.10. The van der Waals surface area contributed by atoms with E-state index in [0.29, 0.717) is 0 Å². The molecule has 1 unspecified atom stereocenters. The third-order valence-electron chi connectivity index (χ3n) is 2.51. The van der Waals surface area contributed by atoms with Crippen LogP contribution in [0.3, 0.4) is 0 Å². The molecule has 3 heteroatoms. The number of halogens is 3. The Labute approximate surface area is 120 Å². The van der Waals surface area contributed by atoms with Crippen molar-refractivity contribution in [2.45, 2.75) is 11.2 Å². The van der Waals surface area contributed by atoms with E-state index in [4.69, 9.17) is 23.2 Å². The summed E-state index contributed by atoms with van der Waals surface area (Å²) in [6.07, 6.45) is 0.890. The van der Waals surface area contributed by atoms with E-state index in [9.17, 15) is 0 Å². The molecule has 0 saturated carbocycles. The van der Waals surface area contributed by atoms with Gasteiger partial charge < -0.3 is 0 Å². The van der Waals surface area contributed by atoms with Crippen molar-refractivity contribution in [3.63, 3.8) is 0 Å². The largest absolute Gasteiger partial charge is 0.0843 e. The molecule has 1 atom stereocenters. The van der Waals surface area contributed by atoms with Gasteiger partial charge in [-0.2, -0.15) is 0 Å². The minimum Gasteiger partial charge on any atom is -0.0843 e. The van der Waals surface area contributed by atoms with E-state index in [1.807, 2.05) is 36.4 Å². The highest BCUT2D eigenvalue weighted by Gasteiger charge is 2.09. The van der Waals surface area contributed by atoms with Gasteiger partial charge in [0.05, 0.1) is 0 Å². The van der Waals surface area contributed by atoms with Crippen molar-refractivity contribution in [3.05, 3.63) is 69.7 Å². The Bertz CT molecular complexity index is 511. The predicted molar refractivity (Wildman–Crippen MR) is 78.3 cm³/mol. The predicted octanol–water partition coefficient (Wildman–Crippen LogP) is 5.67. The molecular formula is C14H11BrCl2. The van der Waals surface area contributed by atoms with Crippen molar-refractivity contribution >= 4 is 39.1 Å². The molecule has 0 saturated heterocycles. The quantitative estimate of drug-likeness (QED) is 0.636. The monoisotopic (exact) mass is 328 g/mol. The zero-order valence-corrected chi connectivity index (χ0v) is 12.1. The Morgan fingerprint density at radius 3 is 2.24 bits per heavy atom. The molecule has 0 heterocycles. The molecule has 0 aliphatic carbocycles. The summed E-state index contributed by atoms with van der Waals surface area (Å²) in [7, 11) is 0. The molecule has 0 bridgehead atoms. The number of alkyl halides is 1. The lowest BCUT2D eigenvalue weighted by atomic mass is 10.0. The second-order valence-electron chi connectivity index (χ2n) is 3.86. The van der Waals surface area contributed by atoms with Crippen LogP contribution in [0.15, 0.2) is 48.5 Å². The van der Waals surface area contributed by atoms with Crippen molar-refractivity contribution in [2.75, 3.05) is 0 Å². The maximum atomic E-state index is 5.98. The summed E-state index contributed by atoms with van der Waals surface area (Å²) in [5.41, 5.74) is 2.39. The fraction of sp³-hybridized carbons (Fsp3) is 0.143. The summed E-state index contributed by atoms with van der Waals surface area (Å²) in [4.78, 5) is 0.250. The lowest BCUT2D eigenvalue weighted by molar-refractivity contribution is 0.949. The van der Waals surface area contributed by atoms with Gasteiger partial charge in [0.25, 0.3) is 0 Å². The van der Waals surface area contributed by atoms with Crippen molar-refractivity contribution in [1.29, 1.82) is 0 Å². The van der Waals surface area contributed by atoms with Crippen molar-refractivity contribution < 1.29 is 0 Å². The van der Waals surface area contributed by atoms with Crippen molar-refractivity contribution in [1.82, 2.24) is 0 Å². The summed E-state index contributed by atoms with van der Waals surface area (Å²) in [5.74, 6) is 0.